The first kappa shape index (κ1) is 18.4. The third-order valence-electron chi connectivity index (χ3n) is 5.49. The number of nitrogens with one attached hydrogen (secondary N) is 2. The van der Waals surface area contributed by atoms with Crippen LogP contribution >= 0.6 is 0 Å². The van der Waals surface area contributed by atoms with Gasteiger partial charge in [0, 0.05) is 34.6 Å². The minimum Gasteiger partial charge on any atom is -0.497 e. The molecule has 0 saturated heterocycles. The molecule has 0 amide bonds. The van der Waals surface area contributed by atoms with Crippen molar-refractivity contribution in [3.8, 4) is 17.2 Å². The van der Waals surface area contributed by atoms with Gasteiger partial charge < -0.3 is 24.1 Å². The number of carbonyl (C=O) groups is 1. The molecule has 0 spiro atoms. The van der Waals surface area contributed by atoms with Gasteiger partial charge in [-0.25, -0.2) is 0 Å². The molecule has 6 nitrogen and oxygen atoms in total. The number of aromatic amines is 1. The van der Waals surface area contributed by atoms with Crippen molar-refractivity contribution < 1.29 is 23.9 Å². The minimum atomic E-state index is 0.137. The van der Waals surface area contributed by atoms with E-state index in [4.69, 9.17) is 14.2 Å². The standard InChI is InChI=1S/C22H24N2O4/c1-26-16-4-5-19-17(10-16)18(11-23-19)20(25)13-24-7-6-14-8-21(27-2)22(28-3)9-15(14)12-24/h4-5,8-11,23H,6-7,12-13H2,1-3H3/p+1. The predicted octanol–water partition coefficient (Wildman–Crippen LogP) is 2.02. The van der Waals surface area contributed by atoms with Crippen molar-refractivity contribution >= 4 is 16.7 Å². The first-order valence-corrected chi connectivity index (χ1v) is 9.38. The lowest BCUT2D eigenvalue weighted by Crippen LogP contribution is -3.12. The van der Waals surface area contributed by atoms with Crippen LogP contribution in [0.5, 0.6) is 17.2 Å². The van der Waals surface area contributed by atoms with E-state index in [9.17, 15) is 4.79 Å². The summed E-state index contributed by atoms with van der Waals surface area (Å²) >= 11 is 0. The fourth-order valence-corrected chi connectivity index (χ4v) is 3.96. The van der Waals surface area contributed by atoms with E-state index >= 15 is 0 Å². The quantitative estimate of drug-likeness (QED) is 0.641. The van der Waals surface area contributed by atoms with E-state index in [1.54, 1.807) is 27.5 Å². The zero-order chi connectivity index (χ0) is 19.7. The van der Waals surface area contributed by atoms with Crippen LogP contribution in [0.4, 0.5) is 0 Å². The number of fused-ring (bicyclic) bond motifs is 2. The Morgan fingerprint density at radius 1 is 1.04 bits per heavy atom. The lowest BCUT2D eigenvalue weighted by atomic mass is 9.98. The van der Waals surface area contributed by atoms with Gasteiger partial charge in [0.1, 0.15) is 18.8 Å². The van der Waals surface area contributed by atoms with Crippen LogP contribution in [0.1, 0.15) is 21.5 Å². The Hall–Kier alpha value is -2.99. The maximum absolute atomic E-state index is 13.0. The minimum absolute atomic E-state index is 0.137. The van der Waals surface area contributed by atoms with Gasteiger partial charge in [0.15, 0.2) is 11.5 Å². The number of hydrogen-bond acceptors (Lipinski definition) is 4. The van der Waals surface area contributed by atoms with Crippen molar-refractivity contribution in [3.05, 3.63) is 53.2 Å². The topological polar surface area (TPSA) is 65.0 Å². The van der Waals surface area contributed by atoms with Crippen LogP contribution in [-0.2, 0) is 13.0 Å². The summed E-state index contributed by atoms with van der Waals surface area (Å²) < 4.78 is 16.1. The third kappa shape index (κ3) is 3.31. The van der Waals surface area contributed by atoms with Crippen molar-refractivity contribution in [1.82, 2.24) is 4.98 Å². The lowest BCUT2D eigenvalue weighted by Gasteiger charge is -2.26. The second-order valence-corrected chi connectivity index (χ2v) is 7.12. The van der Waals surface area contributed by atoms with Gasteiger partial charge in [-0.3, -0.25) is 4.79 Å². The summed E-state index contributed by atoms with van der Waals surface area (Å²) in [6.07, 6.45) is 2.72. The number of ketones is 1. The van der Waals surface area contributed by atoms with Crippen molar-refractivity contribution in [2.24, 2.45) is 0 Å². The predicted molar refractivity (Wildman–Crippen MR) is 107 cm³/mol. The molecule has 6 heteroatoms. The van der Waals surface area contributed by atoms with Crippen LogP contribution in [0.25, 0.3) is 10.9 Å². The normalized spacial score (nSPS) is 15.9. The molecule has 3 aromatic rings. The van der Waals surface area contributed by atoms with E-state index < -0.39 is 0 Å². The van der Waals surface area contributed by atoms with E-state index in [0.29, 0.717) is 6.54 Å². The van der Waals surface area contributed by atoms with Crippen molar-refractivity contribution in [1.29, 1.82) is 0 Å². The molecule has 1 aromatic heterocycles. The zero-order valence-corrected chi connectivity index (χ0v) is 16.4. The molecule has 0 radical (unpaired) electrons. The highest BCUT2D eigenvalue weighted by Gasteiger charge is 2.25. The van der Waals surface area contributed by atoms with Crippen LogP contribution in [-0.4, -0.2) is 45.2 Å². The fraction of sp³-hybridized carbons (Fsp3) is 0.318. The highest BCUT2D eigenvalue weighted by atomic mass is 16.5. The summed E-state index contributed by atoms with van der Waals surface area (Å²) in [5, 5.41) is 0.910. The molecule has 1 atom stereocenters. The number of carbonyl (C=O) groups excluding carboxylic acids is 1. The van der Waals surface area contributed by atoms with Gasteiger partial charge in [0.25, 0.3) is 0 Å². The third-order valence-corrected chi connectivity index (χ3v) is 5.49. The van der Waals surface area contributed by atoms with Gasteiger partial charge in [-0.15, -0.1) is 0 Å². The number of ether oxygens (including phenoxy) is 3. The summed E-state index contributed by atoms with van der Waals surface area (Å²) in [6, 6.07) is 9.83. The molecular weight excluding hydrogens is 356 g/mol. The number of methoxy groups -OCH3 is 3. The molecule has 146 valence electrons. The molecule has 1 aliphatic heterocycles. The number of rotatable bonds is 6. The van der Waals surface area contributed by atoms with Gasteiger partial charge in [-0.05, 0) is 35.9 Å². The number of aromatic nitrogens is 1. The summed E-state index contributed by atoms with van der Waals surface area (Å²) in [4.78, 5) is 17.4. The largest absolute Gasteiger partial charge is 0.497 e. The highest BCUT2D eigenvalue weighted by Crippen LogP contribution is 2.31. The summed E-state index contributed by atoms with van der Waals surface area (Å²) in [6.45, 7) is 2.17. The zero-order valence-electron chi connectivity index (χ0n) is 16.4. The van der Waals surface area contributed by atoms with Crippen LogP contribution < -0.4 is 19.1 Å². The molecule has 1 aliphatic rings. The van der Waals surface area contributed by atoms with E-state index in [2.05, 4.69) is 11.1 Å². The molecule has 28 heavy (non-hydrogen) atoms. The number of Topliss-reactive ketones (excluding diaryl/α,β-unsaturated/α-hetero) is 1. The summed E-state index contributed by atoms with van der Waals surface area (Å²) in [5.74, 6) is 2.38. The number of quaternary nitrogens is 1. The Morgan fingerprint density at radius 2 is 1.79 bits per heavy atom. The molecule has 2 heterocycles. The number of benzene rings is 2. The average molecular weight is 381 g/mol. The first-order chi connectivity index (χ1) is 13.6. The highest BCUT2D eigenvalue weighted by molar-refractivity contribution is 6.08. The second-order valence-electron chi connectivity index (χ2n) is 7.12. The summed E-state index contributed by atoms with van der Waals surface area (Å²) in [5.41, 5.74) is 4.15. The van der Waals surface area contributed by atoms with Crippen LogP contribution in [0, 0.1) is 0 Å². The summed E-state index contributed by atoms with van der Waals surface area (Å²) in [7, 11) is 4.93. The molecular formula is C22H25N2O4+. The molecule has 2 N–H and O–H groups in total. The number of H-pyrrole nitrogens is 1. The Morgan fingerprint density at radius 3 is 2.50 bits per heavy atom. The van der Waals surface area contributed by atoms with Crippen LogP contribution in [0.15, 0.2) is 36.5 Å². The molecule has 0 bridgehead atoms. The van der Waals surface area contributed by atoms with Gasteiger partial charge in [-0.2, -0.15) is 0 Å². The van der Waals surface area contributed by atoms with Gasteiger partial charge in [-0.1, -0.05) is 0 Å². The fourth-order valence-electron chi connectivity index (χ4n) is 3.96. The van der Waals surface area contributed by atoms with Crippen molar-refractivity contribution in [2.45, 2.75) is 13.0 Å². The van der Waals surface area contributed by atoms with E-state index in [-0.39, 0.29) is 5.78 Å². The van der Waals surface area contributed by atoms with E-state index in [1.807, 2.05) is 24.3 Å². The van der Waals surface area contributed by atoms with Crippen molar-refractivity contribution in [2.75, 3.05) is 34.4 Å². The van der Waals surface area contributed by atoms with E-state index in [0.717, 1.165) is 53.2 Å². The SMILES string of the molecule is COc1ccc2[nH]cc(C(=O)C[NH+]3CCc4cc(OC)c(OC)cc4C3)c2c1. The monoisotopic (exact) mass is 381 g/mol. The van der Waals surface area contributed by atoms with Crippen molar-refractivity contribution in [3.63, 3.8) is 0 Å². The first-order valence-electron chi connectivity index (χ1n) is 9.38. The maximum atomic E-state index is 13.0. The maximum Gasteiger partial charge on any atom is 0.219 e. The lowest BCUT2D eigenvalue weighted by molar-refractivity contribution is -0.907. The second kappa shape index (κ2) is 7.56. The smallest absolute Gasteiger partial charge is 0.219 e. The van der Waals surface area contributed by atoms with E-state index in [1.165, 1.54) is 16.0 Å². The van der Waals surface area contributed by atoms with Crippen LogP contribution in [0.2, 0.25) is 0 Å². The molecule has 4 rings (SSSR count). The molecule has 0 fully saturated rings. The Kier molecular flexibility index (Phi) is 4.96. The number of hydrogen-bond donors (Lipinski definition) is 2. The molecule has 0 saturated carbocycles. The molecule has 1 unspecified atom stereocenters. The van der Waals surface area contributed by atoms with Gasteiger partial charge >= 0.3 is 0 Å². The molecule has 0 aliphatic carbocycles. The van der Waals surface area contributed by atoms with Gasteiger partial charge in [0.05, 0.1) is 27.9 Å². The Labute approximate surface area is 164 Å². The molecule has 2 aromatic carbocycles. The van der Waals surface area contributed by atoms with Crippen LogP contribution in [0.3, 0.4) is 0 Å². The Balaban J connectivity index is 1.54. The van der Waals surface area contributed by atoms with Gasteiger partial charge in [0.2, 0.25) is 5.78 Å². The Bertz CT molecular complexity index is 1020. The average Bonchev–Trinajstić information content (AvgIpc) is 3.15.